The number of amides is 2. The summed E-state index contributed by atoms with van der Waals surface area (Å²) in [5.74, 6) is -1.45. The largest absolute Gasteiger partial charge is 0.454 e. The minimum absolute atomic E-state index is 0.0553. The van der Waals surface area contributed by atoms with Gasteiger partial charge in [0.2, 0.25) is 0 Å². The number of nitrogens with zero attached hydrogens (tertiary/aromatic N) is 1. The van der Waals surface area contributed by atoms with Crippen LogP contribution in [0.5, 0.6) is 0 Å². The van der Waals surface area contributed by atoms with Gasteiger partial charge in [-0.15, -0.1) is 0 Å². The molecule has 2 heterocycles. The average molecular weight is 403 g/mol. The second-order valence-corrected chi connectivity index (χ2v) is 6.28. The van der Waals surface area contributed by atoms with E-state index in [0.29, 0.717) is 17.8 Å². The van der Waals surface area contributed by atoms with Crippen LogP contribution in [0, 0.1) is 0 Å². The Bertz CT molecular complexity index is 607. The third-order valence-electron chi connectivity index (χ3n) is 3.32. The summed E-state index contributed by atoms with van der Waals surface area (Å²) in [7, 11) is 0. The van der Waals surface area contributed by atoms with E-state index in [1.807, 2.05) is 13.8 Å². The van der Waals surface area contributed by atoms with Gasteiger partial charge in [-0.1, -0.05) is 0 Å². The van der Waals surface area contributed by atoms with E-state index in [9.17, 15) is 14.4 Å². The molecule has 1 saturated heterocycles. The third-order valence-corrected chi connectivity index (χ3v) is 3.75. The summed E-state index contributed by atoms with van der Waals surface area (Å²) in [6, 6.07) is 3.03. The first-order valence-electron chi connectivity index (χ1n) is 7.47. The van der Waals surface area contributed by atoms with E-state index >= 15 is 0 Å². The molecule has 1 aromatic heterocycles. The van der Waals surface area contributed by atoms with Crippen molar-refractivity contribution in [1.82, 2.24) is 10.2 Å². The van der Waals surface area contributed by atoms with Gasteiger partial charge < -0.3 is 24.1 Å². The van der Waals surface area contributed by atoms with Gasteiger partial charge in [0.15, 0.2) is 17.0 Å². The molecule has 2 amide bonds. The zero-order valence-electron chi connectivity index (χ0n) is 13.4. The molecule has 2 atom stereocenters. The van der Waals surface area contributed by atoms with Crippen LogP contribution >= 0.6 is 15.9 Å². The van der Waals surface area contributed by atoms with Crippen LogP contribution in [0.4, 0.5) is 0 Å². The number of morpholine rings is 1. The van der Waals surface area contributed by atoms with E-state index in [1.54, 1.807) is 11.0 Å². The summed E-state index contributed by atoms with van der Waals surface area (Å²) in [6.45, 7) is 3.98. The Morgan fingerprint density at radius 2 is 1.96 bits per heavy atom. The first-order valence-corrected chi connectivity index (χ1v) is 8.27. The van der Waals surface area contributed by atoms with Gasteiger partial charge in [0.25, 0.3) is 11.8 Å². The molecule has 1 aliphatic rings. The van der Waals surface area contributed by atoms with Crippen molar-refractivity contribution in [1.29, 1.82) is 0 Å². The lowest BCUT2D eigenvalue weighted by molar-refractivity contribution is -0.156. The van der Waals surface area contributed by atoms with Gasteiger partial charge in [-0.3, -0.25) is 14.4 Å². The van der Waals surface area contributed by atoms with Crippen molar-refractivity contribution >= 4 is 33.7 Å². The number of hydrogen-bond donors (Lipinski definition) is 1. The predicted octanol–water partition coefficient (Wildman–Crippen LogP) is 0.951. The van der Waals surface area contributed by atoms with Crippen LogP contribution in [0.3, 0.4) is 0 Å². The highest BCUT2D eigenvalue weighted by atomic mass is 79.9. The second-order valence-electron chi connectivity index (χ2n) is 5.50. The summed E-state index contributed by atoms with van der Waals surface area (Å²) in [5.41, 5.74) is 0. The van der Waals surface area contributed by atoms with Crippen LogP contribution in [-0.2, 0) is 19.1 Å². The van der Waals surface area contributed by atoms with Crippen molar-refractivity contribution in [2.24, 2.45) is 0 Å². The maximum Gasteiger partial charge on any atom is 0.325 e. The molecule has 0 radical (unpaired) electrons. The Kier molecular flexibility index (Phi) is 6.38. The van der Waals surface area contributed by atoms with Crippen molar-refractivity contribution < 1.29 is 28.3 Å². The predicted molar refractivity (Wildman–Crippen MR) is 86.3 cm³/mol. The molecule has 1 N–H and O–H groups in total. The fourth-order valence-electron chi connectivity index (χ4n) is 2.34. The molecule has 8 nitrogen and oxygen atoms in total. The van der Waals surface area contributed by atoms with Gasteiger partial charge in [0.05, 0.1) is 12.2 Å². The molecule has 0 aromatic carbocycles. The van der Waals surface area contributed by atoms with Gasteiger partial charge in [0, 0.05) is 13.1 Å². The highest BCUT2D eigenvalue weighted by molar-refractivity contribution is 9.10. The van der Waals surface area contributed by atoms with Crippen molar-refractivity contribution in [2.45, 2.75) is 26.1 Å². The zero-order chi connectivity index (χ0) is 17.7. The van der Waals surface area contributed by atoms with E-state index in [-0.39, 0.29) is 37.0 Å². The van der Waals surface area contributed by atoms with Crippen molar-refractivity contribution in [3.63, 3.8) is 0 Å². The van der Waals surface area contributed by atoms with E-state index in [0.717, 1.165) is 0 Å². The molecule has 132 valence electrons. The molecule has 1 fully saturated rings. The Morgan fingerprint density at radius 1 is 1.29 bits per heavy atom. The maximum atomic E-state index is 12.0. The SMILES string of the molecule is C[C@@H]1CN(C(=O)COC(=O)CNC(=O)c2ccc(Br)o2)C[C@H](C)O1. The molecule has 1 aromatic rings. The Labute approximate surface area is 147 Å². The van der Waals surface area contributed by atoms with E-state index < -0.39 is 11.9 Å². The van der Waals surface area contributed by atoms with Crippen molar-refractivity contribution in [3.8, 4) is 0 Å². The highest BCUT2D eigenvalue weighted by Crippen LogP contribution is 2.13. The average Bonchev–Trinajstić information content (AvgIpc) is 2.95. The normalized spacial score (nSPS) is 20.5. The van der Waals surface area contributed by atoms with Crippen LogP contribution in [0.25, 0.3) is 0 Å². The fraction of sp³-hybridized carbons (Fsp3) is 0.533. The molecule has 0 unspecified atom stereocenters. The molecule has 0 spiro atoms. The first-order chi connectivity index (χ1) is 11.3. The highest BCUT2D eigenvalue weighted by Gasteiger charge is 2.26. The lowest BCUT2D eigenvalue weighted by Crippen LogP contribution is -2.49. The molecule has 0 bridgehead atoms. The summed E-state index contributed by atoms with van der Waals surface area (Å²) in [6.07, 6.45) is -0.111. The maximum absolute atomic E-state index is 12.0. The molecular weight excluding hydrogens is 384 g/mol. The summed E-state index contributed by atoms with van der Waals surface area (Å²) in [4.78, 5) is 37.0. The Morgan fingerprint density at radius 3 is 2.54 bits per heavy atom. The number of esters is 1. The number of nitrogens with one attached hydrogen (secondary N) is 1. The molecule has 0 aliphatic carbocycles. The minimum atomic E-state index is -0.698. The van der Waals surface area contributed by atoms with E-state index in [2.05, 4.69) is 21.2 Å². The number of carbonyl (C=O) groups is 3. The Balaban J connectivity index is 1.71. The van der Waals surface area contributed by atoms with Crippen LogP contribution < -0.4 is 5.32 Å². The van der Waals surface area contributed by atoms with Gasteiger partial charge in [-0.25, -0.2) is 0 Å². The van der Waals surface area contributed by atoms with Crippen molar-refractivity contribution in [2.75, 3.05) is 26.2 Å². The topological polar surface area (TPSA) is 98.1 Å². The lowest BCUT2D eigenvalue weighted by atomic mass is 10.2. The molecule has 0 saturated carbocycles. The van der Waals surface area contributed by atoms with Crippen molar-refractivity contribution in [3.05, 3.63) is 22.6 Å². The smallest absolute Gasteiger partial charge is 0.325 e. The quantitative estimate of drug-likeness (QED) is 0.736. The molecule has 2 rings (SSSR count). The number of rotatable bonds is 5. The van der Waals surface area contributed by atoms with Gasteiger partial charge >= 0.3 is 5.97 Å². The van der Waals surface area contributed by atoms with Gasteiger partial charge in [-0.2, -0.15) is 0 Å². The minimum Gasteiger partial charge on any atom is -0.454 e. The zero-order valence-corrected chi connectivity index (χ0v) is 15.0. The molecule has 9 heteroatoms. The third kappa shape index (κ3) is 5.34. The molecule has 1 aliphatic heterocycles. The number of carbonyl (C=O) groups excluding carboxylic acids is 3. The van der Waals surface area contributed by atoms with Gasteiger partial charge in [-0.05, 0) is 41.9 Å². The second kappa shape index (κ2) is 8.29. The summed E-state index contributed by atoms with van der Waals surface area (Å²) < 4.78 is 15.9. The van der Waals surface area contributed by atoms with Crippen LogP contribution in [0.1, 0.15) is 24.4 Å². The van der Waals surface area contributed by atoms with E-state index in [1.165, 1.54) is 6.07 Å². The fourth-order valence-corrected chi connectivity index (χ4v) is 2.65. The molecular formula is C15H19BrN2O6. The summed E-state index contributed by atoms with van der Waals surface area (Å²) >= 11 is 3.08. The monoisotopic (exact) mass is 402 g/mol. The standard InChI is InChI=1S/C15H19BrN2O6/c1-9-6-18(7-10(2)23-9)13(19)8-22-14(20)5-17-15(21)11-3-4-12(16)24-11/h3-4,9-10H,5-8H2,1-2H3,(H,17,21)/t9-,10+. The summed E-state index contributed by atoms with van der Waals surface area (Å²) in [5, 5.41) is 2.36. The number of halogens is 1. The van der Waals surface area contributed by atoms with E-state index in [4.69, 9.17) is 13.9 Å². The van der Waals surface area contributed by atoms with Crippen LogP contribution in [-0.4, -0.2) is 61.1 Å². The van der Waals surface area contributed by atoms with Gasteiger partial charge in [0.1, 0.15) is 6.54 Å². The lowest BCUT2D eigenvalue weighted by Gasteiger charge is -2.35. The number of ether oxygens (including phenoxy) is 2. The molecule has 24 heavy (non-hydrogen) atoms. The first kappa shape index (κ1) is 18.5. The van der Waals surface area contributed by atoms with Crippen LogP contribution in [0.15, 0.2) is 21.2 Å². The Hall–Kier alpha value is -1.87. The number of furan rings is 1. The number of hydrogen-bond acceptors (Lipinski definition) is 6. The van der Waals surface area contributed by atoms with Crippen LogP contribution in [0.2, 0.25) is 0 Å².